The fraction of sp³-hybridized carbons (Fsp3) is 0.167. The van der Waals surface area contributed by atoms with Crippen molar-refractivity contribution in [3.8, 4) is 17.1 Å². The van der Waals surface area contributed by atoms with Gasteiger partial charge < -0.3 is 9.26 Å². The van der Waals surface area contributed by atoms with E-state index in [9.17, 15) is 35.5 Å². The molecule has 0 unspecified atom stereocenters. The van der Waals surface area contributed by atoms with E-state index in [2.05, 4.69) is 19.4 Å². The number of nitrogens with zero attached hydrogens (tertiary/aromatic N) is 2. The molecule has 1 aromatic heterocycles. The van der Waals surface area contributed by atoms with Crippen LogP contribution in [-0.4, -0.2) is 28.0 Å². The third-order valence-electron chi connectivity index (χ3n) is 3.62. The van der Waals surface area contributed by atoms with Crippen LogP contribution in [0.1, 0.15) is 16.2 Å². The Hall–Kier alpha value is -3.09. The van der Waals surface area contributed by atoms with E-state index in [0.29, 0.717) is 4.90 Å². The Morgan fingerprint density at radius 3 is 2.26 bits per heavy atom. The molecule has 0 amide bonds. The van der Waals surface area contributed by atoms with Crippen LogP contribution in [0, 0.1) is 5.82 Å². The van der Waals surface area contributed by atoms with Crippen LogP contribution in [0.25, 0.3) is 11.4 Å². The maximum absolute atomic E-state index is 14.3. The summed E-state index contributed by atoms with van der Waals surface area (Å²) in [5, 5.41) is 3.13. The molecule has 0 aliphatic heterocycles. The second-order valence-electron chi connectivity index (χ2n) is 5.85. The summed E-state index contributed by atoms with van der Waals surface area (Å²) in [6.45, 7) is 0. The smallest absolute Gasteiger partial charge is 0.406 e. The van der Waals surface area contributed by atoms with E-state index in [1.54, 1.807) is 0 Å². The van der Waals surface area contributed by atoms with Crippen LogP contribution in [0.3, 0.4) is 0 Å². The summed E-state index contributed by atoms with van der Waals surface area (Å²) in [7, 11) is 0. The van der Waals surface area contributed by atoms with E-state index in [-0.39, 0.29) is 16.9 Å². The van der Waals surface area contributed by atoms with Gasteiger partial charge >= 0.3 is 18.4 Å². The minimum Gasteiger partial charge on any atom is -0.406 e. The lowest BCUT2D eigenvalue weighted by molar-refractivity contribution is -0.274. The predicted molar refractivity (Wildman–Crippen MR) is 92.9 cm³/mol. The summed E-state index contributed by atoms with van der Waals surface area (Å²) in [6.07, 6.45) is -9.68. The predicted octanol–water partition coefficient (Wildman–Crippen LogP) is 5.77. The van der Waals surface area contributed by atoms with Gasteiger partial charge in [0.1, 0.15) is 11.6 Å². The zero-order valence-corrected chi connectivity index (χ0v) is 15.7. The molecular weight excluding hydrogens is 457 g/mol. The first-order chi connectivity index (χ1) is 14.4. The number of ketones is 1. The van der Waals surface area contributed by atoms with Gasteiger partial charge in [-0.05, 0) is 36.4 Å². The molecule has 3 aromatic rings. The molecule has 0 N–H and O–H groups in total. The highest BCUT2D eigenvalue weighted by molar-refractivity contribution is 8.00. The van der Waals surface area contributed by atoms with Gasteiger partial charge in [0.15, 0.2) is 5.78 Å². The van der Waals surface area contributed by atoms with Crippen molar-refractivity contribution in [2.24, 2.45) is 0 Å². The van der Waals surface area contributed by atoms with Crippen molar-refractivity contribution >= 4 is 17.5 Å². The van der Waals surface area contributed by atoms with Crippen LogP contribution in [0.4, 0.5) is 30.7 Å². The molecule has 164 valence electrons. The van der Waals surface area contributed by atoms with Crippen LogP contribution in [0.15, 0.2) is 51.9 Å². The Balaban J connectivity index is 1.65. The molecule has 0 atom stereocenters. The molecule has 0 saturated carbocycles. The third kappa shape index (κ3) is 5.96. The molecule has 0 aliphatic rings. The molecule has 13 heteroatoms. The average Bonchev–Trinajstić information content (AvgIpc) is 3.16. The van der Waals surface area contributed by atoms with E-state index in [1.165, 1.54) is 12.1 Å². The summed E-state index contributed by atoms with van der Waals surface area (Å²) in [4.78, 5) is 15.8. The van der Waals surface area contributed by atoms with Gasteiger partial charge in [-0.25, -0.2) is 4.39 Å². The first-order valence-corrected chi connectivity index (χ1v) is 9.13. The van der Waals surface area contributed by atoms with Crippen molar-refractivity contribution in [1.29, 1.82) is 0 Å². The van der Waals surface area contributed by atoms with Crippen molar-refractivity contribution < 1.29 is 44.8 Å². The third-order valence-corrected chi connectivity index (χ3v) is 4.64. The summed E-state index contributed by atoms with van der Waals surface area (Å²) in [5.74, 6) is -4.41. The SMILES string of the molecule is O=C(CSc1ccc(OC(F)(F)F)cc1)c1ccc(-c2noc(C(F)(F)F)n2)cc1F. The zero-order chi connectivity index (χ0) is 22.8. The van der Waals surface area contributed by atoms with Crippen LogP contribution < -0.4 is 4.74 Å². The zero-order valence-electron chi connectivity index (χ0n) is 14.9. The lowest BCUT2D eigenvalue weighted by atomic mass is 10.1. The highest BCUT2D eigenvalue weighted by atomic mass is 32.2. The Morgan fingerprint density at radius 2 is 1.71 bits per heavy atom. The number of benzene rings is 2. The van der Waals surface area contributed by atoms with E-state index in [1.807, 2.05) is 0 Å². The lowest BCUT2D eigenvalue weighted by Crippen LogP contribution is -2.16. The fourth-order valence-electron chi connectivity index (χ4n) is 2.30. The maximum atomic E-state index is 14.3. The molecule has 0 saturated heterocycles. The van der Waals surface area contributed by atoms with Crippen molar-refractivity contribution in [3.05, 3.63) is 59.7 Å². The molecule has 0 bridgehead atoms. The number of hydrogen-bond acceptors (Lipinski definition) is 6. The van der Waals surface area contributed by atoms with Crippen LogP contribution in [0.5, 0.6) is 5.75 Å². The summed E-state index contributed by atoms with van der Waals surface area (Å²) in [6, 6.07) is 7.75. The van der Waals surface area contributed by atoms with Crippen LogP contribution in [-0.2, 0) is 6.18 Å². The number of aromatic nitrogens is 2. The molecule has 5 nitrogen and oxygen atoms in total. The topological polar surface area (TPSA) is 65.2 Å². The number of alkyl halides is 6. The Labute approximate surface area is 173 Å². The average molecular weight is 466 g/mol. The van der Waals surface area contributed by atoms with Gasteiger partial charge in [-0.2, -0.15) is 18.2 Å². The van der Waals surface area contributed by atoms with E-state index >= 15 is 0 Å². The van der Waals surface area contributed by atoms with Crippen molar-refractivity contribution in [2.45, 2.75) is 17.4 Å². The van der Waals surface area contributed by atoms with Gasteiger partial charge in [-0.3, -0.25) is 4.79 Å². The number of thioether (sulfide) groups is 1. The maximum Gasteiger partial charge on any atom is 0.573 e. The van der Waals surface area contributed by atoms with Crippen LogP contribution in [0.2, 0.25) is 0 Å². The van der Waals surface area contributed by atoms with Gasteiger partial charge in [-0.1, -0.05) is 11.2 Å². The number of hydrogen-bond donors (Lipinski definition) is 0. The minimum atomic E-state index is -4.85. The van der Waals surface area contributed by atoms with E-state index in [0.717, 1.165) is 42.1 Å². The Morgan fingerprint density at radius 1 is 1.03 bits per heavy atom. The van der Waals surface area contributed by atoms with Crippen LogP contribution >= 0.6 is 11.8 Å². The number of ether oxygens (including phenoxy) is 1. The Bertz CT molecular complexity index is 1080. The van der Waals surface area contributed by atoms with Crippen molar-refractivity contribution in [1.82, 2.24) is 10.1 Å². The second kappa shape index (κ2) is 8.57. The molecular formula is C18H9F7N2O3S. The number of carbonyl (C=O) groups excluding carboxylic acids is 1. The van der Waals surface area contributed by atoms with Gasteiger partial charge in [0.25, 0.3) is 0 Å². The molecule has 0 aliphatic carbocycles. The molecule has 1 heterocycles. The summed E-state index contributed by atoms with van der Waals surface area (Å²) < 4.78 is 96.1. The number of Topliss-reactive ketones (excluding diaryl/α,β-unsaturated/α-hetero) is 1. The number of rotatable bonds is 6. The van der Waals surface area contributed by atoms with Gasteiger partial charge in [0.2, 0.25) is 5.82 Å². The largest absolute Gasteiger partial charge is 0.573 e. The van der Waals surface area contributed by atoms with Crippen molar-refractivity contribution in [2.75, 3.05) is 5.75 Å². The highest BCUT2D eigenvalue weighted by Crippen LogP contribution is 2.30. The quantitative estimate of drug-likeness (QED) is 0.261. The normalized spacial score (nSPS) is 12.1. The van der Waals surface area contributed by atoms with Gasteiger partial charge in [0, 0.05) is 10.5 Å². The highest BCUT2D eigenvalue weighted by Gasteiger charge is 2.38. The Kier molecular flexibility index (Phi) is 6.25. The van der Waals surface area contributed by atoms with E-state index in [4.69, 9.17) is 0 Å². The van der Waals surface area contributed by atoms with Crippen molar-refractivity contribution in [3.63, 3.8) is 0 Å². The second-order valence-corrected chi connectivity index (χ2v) is 6.90. The first kappa shape index (κ1) is 22.6. The van der Waals surface area contributed by atoms with E-state index < -0.39 is 41.6 Å². The molecule has 31 heavy (non-hydrogen) atoms. The monoisotopic (exact) mass is 466 g/mol. The summed E-state index contributed by atoms with van der Waals surface area (Å²) in [5.41, 5.74) is -0.450. The first-order valence-electron chi connectivity index (χ1n) is 8.15. The molecule has 2 aromatic carbocycles. The summed E-state index contributed by atoms with van der Waals surface area (Å²) >= 11 is 0.948. The molecule has 0 spiro atoms. The molecule has 0 radical (unpaired) electrons. The molecule has 3 rings (SSSR count). The van der Waals surface area contributed by atoms with Gasteiger partial charge in [-0.15, -0.1) is 24.9 Å². The van der Waals surface area contributed by atoms with Gasteiger partial charge in [0.05, 0.1) is 11.3 Å². The standard InChI is InChI=1S/C18H9F7N2O3S/c19-13-7-9(15-26-16(30-27-15)17(20,21)22)1-6-12(13)14(28)8-31-11-4-2-10(3-5-11)29-18(23,24)25/h1-7H,8H2. The minimum absolute atomic E-state index is 0.124. The number of carbonyl (C=O) groups is 1. The molecule has 0 fully saturated rings. The number of halogens is 7. The lowest BCUT2D eigenvalue weighted by Gasteiger charge is -2.09. The fourth-order valence-corrected chi connectivity index (χ4v) is 3.08.